The molecule has 0 radical (unpaired) electrons. The Kier molecular flexibility index (Phi) is 8.11. The molecule has 0 aliphatic rings. The predicted octanol–water partition coefficient (Wildman–Crippen LogP) is 0.690. The first-order chi connectivity index (χ1) is 8.32. The maximum absolute atomic E-state index is 11.8. The van der Waals surface area contributed by atoms with Crippen molar-refractivity contribution in [2.75, 3.05) is 40.3 Å². The van der Waals surface area contributed by atoms with Crippen LogP contribution in [0.1, 0.15) is 20.3 Å². The molecule has 2 amide bonds. The van der Waals surface area contributed by atoms with Gasteiger partial charge in [-0.3, -0.25) is 4.79 Å². The van der Waals surface area contributed by atoms with Gasteiger partial charge < -0.3 is 20.2 Å². The van der Waals surface area contributed by atoms with Gasteiger partial charge in [0.2, 0.25) is 0 Å². The molecule has 0 saturated heterocycles. The Hall–Kier alpha value is -1.30. The van der Waals surface area contributed by atoms with Gasteiger partial charge in [0.15, 0.2) is 0 Å². The molecule has 0 aromatic rings. The highest BCUT2D eigenvalue weighted by atomic mass is 16.4. The fraction of sp³-hybridized carbons (Fsp3) is 0.833. The second-order valence-electron chi connectivity index (χ2n) is 5.06. The van der Waals surface area contributed by atoms with Crippen LogP contribution in [0.3, 0.4) is 0 Å². The molecule has 18 heavy (non-hydrogen) atoms. The Labute approximate surface area is 109 Å². The molecule has 0 heterocycles. The van der Waals surface area contributed by atoms with Crippen LogP contribution in [-0.4, -0.2) is 67.2 Å². The van der Waals surface area contributed by atoms with Crippen molar-refractivity contribution in [3.05, 3.63) is 0 Å². The summed E-state index contributed by atoms with van der Waals surface area (Å²) in [4.78, 5) is 25.9. The zero-order chi connectivity index (χ0) is 14.1. The number of carboxylic acid groups (broad SMARTS) is 1. The van der Waals surface area contributed by atoms with Crippen LogP contribution in [0.4, 0.5) is 4.79 Å². The minimum Gasteiger partial charge on any atom is -0.480 e. The summed E-state index contributed by atoms with van der Waals surface area (Å²) in [5, 5.41) is 11.5. The minimum atomic E-state index is -0.987. The molecule has 2 N–H and O–H groups in total. The second kappa shape index (κ2) is 8.74. The van der Waals surface area contributed by atoms with Crippen LogP contribution < -0.4 is 5.32 Å². The molecule has 0 aromatic heterocycles. The molecule has 0 unspecified atom stereocenters. The van der Waals surface area contributed by atoms with Gasteiger partial charge in [-0.25, -0.2) is 4.79 Å². The first-order valence-corrected chi connectivity index (χ1v) is 6.22. The maximum Gasteiger partial charge on any atom is 0.323 e. The van der Waals surface area contributed by atoms with Crippen molar-refractivity contribution in [3.63, 3.8) is 0 Å². The lowest BCUT2D eigenvalue weighted by molar-refractivity contribution is -0.137. The number of urea groups is 1. The molecule has 0 aliphatic carbocycles. The Bertz CT molecular complexity index is 267. The fourth-order valence-electron chi connectivity index (χ4n) is 1.53. The number of nitrogens with zero attached hydrogens (tertiary/aromatic N) is 2. The zero-order valence-corrected chi connectivity index (χ0v) is 11.8. The molecule has 0 atom stereocenters. The number of carbonyl (C=O) groups is 2. The molecule has 0 fully saturated rings. The maximum atomic E-state index is 11.8. The van der Waals surface area contributed by atoms with Crippen LogP contribution in [0.15, 0.2) is 0 Å². The van der Waals surface area contributed by atoms with E-state index in [1.807, 2.05) is 32.8 Å². The number of nitrogens with one attached hydrogen (secondary N) is 1. The lowest BCUT2D eigenvalue weighted by Crippen LogP contribution is -2.45. The Morgan fingerprint density at radius 3 is 2.33 bits per heavy atom. The molecule has 0 rings (SSSR count). The fourth-order valence-corrected chi connectivity index (χ4v) is 1.53. The topological polar surface area (TPSA) is 72.9 Å². The molecule has 0 aliphatic heterocycles. The quantitative estimate of drug-likeness (QED) is 0.629. The summed E-state index contributed by atoms with van der Waals surface area (Å²) in [5.74, 6) is -0.740. The molecular weight excluding hydrogens is 234 g/mol. The number of aliphatic carboxylic acids is 1. The normalized spacial score (nSPS) is 10.8. The Morgan fingerprint density at radius 2 is 1.89 bits per heavy atom. The standard InChI is InChI=1S/C12H25N3O3/c1-10(2)8-15(9-11(16)17)12(18)13-6-5-7-14(3)4/h10H,5-9H2,1-4H3,(H,13,18)(H,16,17). The Balaban J connectivity index is 4.08. The first kappa shape index (κ1) is 16.7. The van der Waals surface area contributed by atoms with Crippen LogP contribution >= 0.6 is 0 Å². The van der Waals surface area contributed by atoms with Crippen molar-refractivity contribution in [1.29, 1.82) is 0 Å². The van der Waals surface area contributed by atoms with Crippen LogP contribution in [0.2, 0.25) is 0 Å². The average Bonchev–Trinajstić information content (AvgIpc) is 2.21. The van der Waals surface area contributed by atoms with E-state index in [0.717, 1.165) is 13.0 Å². The Morgan fingerprint density at radius 1 is 1.28 bits per heavy atom. The van der Waals surface area contributed by atoms with Gasteiger partial charge in [0.05, 0.1) is 0 Å². The van der Waals surface area contributed by atoms with Gasteiger partial charge >= 0.3 is 12.0 Å². The number of carboxylic acids is 1. The highest BCUT2D eigenvalue weighted by molar-refractivity contribution is 5.80. The van der Waals surface area contributed by atoms with E-state index in [2.05, 4.69) is 5.32 Å². The molecule has 6 nitrogen and oxygen atoms in total. The van der Waals surface area contributed by atoms with Gasteiger partial charge in [0.25, 0.3) is 0 Å². The predicted molar refractivity (Wildman–Crippen MR) is 70.6 cm³/mol. The van der Waals surface area contributed by atoms with E-state index < -0.39 is 5.97 Å². The van der Waals surface area contributed by atoms with Crippen molar-refractivity contribution in [3.8, 4) is 0 Å². The van der Waals surface area contributed by atoms with Crippen molar-refractivity contribution >= 4 is 12.0 Å². The summed E-state index contributed by atoms with van der Waals surface area (Å²) in [6.07, 6.45) is 0.849. The van der Waals surface area contributed by atoms with Crippen molar-refractivity contribution in [2.45, 2.75) is 20.3 Å². The average molecular weight is 259 g/mol. The summed E-state index contributed by atoms with van der Waals surface area (Å²) in [7, 11) is 3.94. The van der Waals surface area contributed by atoms with E-state index in [9.17, 15) is 9.59 Å². The van der Waals surface area contributed by atoms with Gasteiger partial charge in [0, 0.05) is 13.1 Å². The van der Waals surface area contributed by atoms with E-state index in [0.29, 0.717) is 13.1 Å². The molecule has 0 saturated carbocycles. The van der Waals surface area contributed by atoms with Crippen molar-refractivity contribution < 1.29 is 14.7 Å². The number of hydrogen-bond acceptors (Lipinski definition) is 3. The summed E-state index contributed by atoms with van der Waals surface area (Å²) in [6, 6.07) is -0.301. The molecule has 0 aromatic carbocycles. The number of carbonyl (C=O) groups excluding carboxylic acids is 1. The smallest absolute Gasteiger partial charge is 0.323 e. The van der Waals surface area contributed by atoms with Crippen LogP contribution in [-0.2, 0) is 4.79 Å². The molecular formula is C12H25N3O3. The van der Waals surface area contributed by atoms with Gasteiger partial charge in [-0.15, -0.1) is 0 Å². The second-order valence-corrected chi connectivity index (χ2v) is 5.06. The zero-order valence-electron chi connectivity index (χ0n) is 11.8. The number of amides is 2. The van der Waals surface area contributed by atoms with E-state index in [1.165, 1.54) is 4.90 Å². The summed E-state index contributed by atoms with van der Waals surface area (Å²) >= 11 is 0. The molecule has 0 spiro atoms. The van der Waals surface area contributed by atoms with Crippen LogP contribution in [0, 0.1) is 5.92 Å². The van der Waals surface area contributed by atoms with Crippen LogP contribution in [0.5, 0.6) is 0 Å². The monoisotopic (exact) mass is 259 g/mol. The highest BCUT2D eigenvalue weighted by Crippen LogP contribution is 1.99. The van der Waals surface area contributed by atoms with Crippen LogP contribution in [0.25, 0.3) is 0 Å². The summed E-state index contributed by atoms with van der Waals surface area (Å²) in [5.41, 5.74) is 0. The van der Waals surface area contributed by atoms with E-state index in [4.69, 9.17) is 5.11 Å². The largest absolute Gasteiger partial charge is 0.480 e. The van der Waals surface area contributed by atoms with E-state index in [-0.39, 0.29) is 18.5 Å². The molecule has 6 heteroatoms. The molecule has 0 bridgehead atoms. The molecule has 106 valence electrons. The number of hydrogen-bond donors (Lipinski definition) is 2. The van der Waals surface area contributed by atoms with Crippen molar-refractivity contribution in [2.24, 2.45) is 5.92 Å². The van der Waals surface area contributed by atoms with E-state index >= 15 is 0 Å². The van der Waals surface area contributed by atoms with Gasteiger partial charge in [-0.05, 0) is 33.0 Å². The lowest BCUT2D eigenvalue weighted by atomic mass is 10.2. The minimum absolute atomic E-state index is 0.247. The third-order valence-electron chi connectivity index (χ3n) is 2.26. The van der Waals surface area contributed by atoms with Gasteiger partial charge in [-0.2, -0.15) is 0 Å². The van der Waals surface area contributed by atoms with Gasteiger partial charge in [-0.1, -0.05) is 13.8 Å². The van der Waals surface area contributed by atoms with Crippen molar-refractivity contribution in [1.82, 2.24) is 15.1 Å². The summed E-state index contributed by atoms with van der Waals surface area (Å²) < 4.78 is 0. The first-order valence-electron chi connectivity index (χ1n) is 6.22. The third kappa shape index (κ3) is 8.81. The van der Waals surface area contributed by atoms with E-state index in [1.54, 1.807) is 0 Å². The highest BCUT2D eigenvalue weighted by Gasteiger charge is 2.17. The summed E-state index contributed by atoms with van der Waals surface area (Å²) in [6.45, 7) is 5.56. The SMILES string of the molecule is CC(C)CN(CC(=O)O)C(=O)NCCCN(C)C. The lowest BCUT2D eigenvalue weighted by Gasteiger charge is -2.23. The third-order valence-corrected chi connectivity index (χ3v) is 2.26. The van der Waals surface area contributed by atoms with Gasteiger partial charge in [0.1, 0.15) is 6.54 Å². The number of rotatable bonds is 8.